The molecule has 1 atom stereocenters. The van der Waals surface area contributed by atoms with Crippen LogP contribution in [0.25, 0.3) is 11.3 Å². The van der Waals surface area contributed by atoms with E-state index in [1.54, 1.807) is 25.4 Å². The minimum absolute atomic E-state index is 0.0428. The Labute approximate surface area is 157 Å². The zero-order valence-corrected chi connectivity index (χ0v) is 15.4. The average molecular weight is 365 g/mol. The highest BCUT2D eigenvalue weighted by Gasteiger charge is 2.11. The highest BCUT2D eigenvalue weighted by molar-refractivity contribution is 5.94. The molecule has 1 amide bonds. The Morgan fingerprint density at radius 3 is 2.70 bits per heavy atom. The number of carbonyl (C=O) groups excluding carboxylic acids is 1. The van der Waals surface area contributed by atoms with Crippen LogP contribution in [0.5, 0.6) is 0 Å². The number of carbonyl (C=O) groups is 1. The molecule has 3 rings (SSSR count). The highest BCUT2D eigenvalue weighted by atomic mass is 16.1. The topological polar surface area (TPSA) is 111 Å². The summed E-state index contributed by atoms with van der Waals surface area (Å²) in [6.07, 6.45) is 4.46. The molecule has 0 bridgehead atoms. The van der Waals surface area contributed by atoms with Crippen molar-refractivity contribution in [2.45, 2.75) is 25.9 Å². The summed E-state index contributed by atoms with van der Waals surface area (Å²) in [6, 6.07) is 11.0. The van der Waals surface area contributed by atoms with Crippen molar-refractivity contribution in [1.82, 2.24) is 25.1 Å². The Morgan fingerprint density at radius 1 is 1.26 bits per heavy atom. The molecule has 0 aliphatic heterocycles. The van der Waals surface area contributed by atoms with Gasteiger partial charge < -0.3 is 16.4 Å². The number of anilines is 2. The second-order valence-electron chi connectivity index (χ2n) is 6.26. The van der Waals surface area contributed by atoms with Crippen LogP contribution in [0.3, 0.4) is 0 Å². The van der Waals surface area contributed by atoms with E-state index >= 15 is 0 Å². The zero-order valence-electron chi connectivity index (χ0n) is 15.4. The summed E-state index contributed by atoms with van der Waals surface area (Å²) in [5.74, 6) is 0.739. The maximum absolute atomic E-state index is 12.4. The van der Waals surface area contributed by atoms with Gasteiger partial charge in [0.05, 0.1) is 5.69 Å². The van der Waals surface area contributed by atoms with Crippen LogP contribution in [0.2, 0.25) is 0 Å². The molecule has 2 heterocycles. The van der Waals surface area contributed by atoms with Crippen LogP contribution in [0.1, 0.15) is 23.7 Å². The third kappa shape index (κ3) is 4.81. The van der Waals surface area contributed by atoms with Gasteiger partial charge in [0.1, 0.15) is 5.82 Å². The highest BCUT2D eigenvalue weighted by Crippen LogP contribution is 2.21. The lowest BCUT2D eigenvalue weighted by atomic mass is 10.1. The summed E-state index contributed by atoms with van der Waals surface area (Å²) in [6.45, 7) is 2.75. The van der Waals surface area contributed by atoms with Crippen LogP contribution in [0, 0.1) is 0 Å². The molecule has 0 fully saturated rings. The Morgan fingerprint density at radius 2 is 2.04 bits per heavy atom. The van der Waals surface area contributed by atoms with Crippen molar-refractivity contribution >= 4 is 17.7 Å². The Kier molecular flexibility index (Phi) is 5.65. The Hall–Kier alpha value is -3.42. The lowest BCUT2D eigenvalue weighted by Crippen LogP contribution is -2.33. The quantitative estimate of drug-likeness (QED) is 0.592. The van der Waals surface area contributed by atoms with Crippen LogP contribution in [-0.4, -0.2) is 38.7 Å². The van der Waals surface area contributed by atoms with Gasteiger partial charge in [0.2, 0.25) is 5.95 Å². The van der Waals surface area contributed by atoms with Gasteiger partial charge in [-0.1, -0.05) is 12.1 Å². The number of nitrogens with two attached hydrogens (primary N) is 1. The van der Waals surface area contributed by atoms with Crippen molar-refractivity contribution in [2.75, 3.05) is 18.1 Å². The zero-order chi connectivity index (χ0) is 19.2. The normalized spacial score (nSPS) is 11.8. The van der Waals surface area contributed by atoms with E-state index in [1.165, 1.54) is 0 Å². The van der Waals surface area contributed by atoms with E-state index in [-0.39, 0.29) is 17.9 Å². The minimum atomic E-state index is -0.104. The number of nitrogens with zero attached hydrogens (tertiary/aromatic N) is 4. The van der Waals surface area contributed by atoms with Gasteiger partial charge in [-0.2, -0.15) is 10.1 Å². The van der Waals surface area contributed by atoms with Crippen LogP contribution in [-0.2, 0) is 6.54 Å². The molecule has 4 N–H and O–H groups in total. The number of nitrogens with one attached hydrogen (secondary N) is 2. The van der Waals surface area contributed by atoms with Crippen molar-refractivity contribution in [1.29, 1.82) is 0 Å². The van der Waals surface area contributed by atoms with Gasteiger partial charge in [-0.05, 0) is 31.5 Å². The molecule has 0 spiro atoms. The van der Waals surface area contributed by atoms with Crippen molar-refractivity contribution in [3.8, 4) is 11.3 Å². The molecule has 0 unspecified atom stereocenters. The van der Waals surface area contributed by atoms with Crippen LogP contribution < -0.4 is 16.4 Å². The number of amides is 1. The molecule has 140 valence electrons. The predicted molar refractivity (Wildman–Crippen MR) is 105 cm³/mol. The van der Waals surface area contributed by atoms with Crippen molar-refractivity contribution in [2.24, 2.45) is 0 Å². The molecule has 1 aromatic carbocycles. The van der Waals surface area contributed by atoms with E-state index in [0.29, 0.717) is 17.1 Å². The number of nitrogen functional groups attached to an aromatic ring is 1. The molecular formula is C19H23N7O. The van der Waals surface area contributed by atoms with Gasteiger partial charge in [-0.25, -0.2) is 4.98 Å². The van der Waals surface area contributed by atoms with Gasteiger partial charge in [0.15, 0.2) is 0 Å². The lowest BCUT2D eigenvalue weighted by molar-refractivity contribution is 0.0937. The first-order valence-corrected chi connectivity index (χ1v) is 8.76. The largest absolute Gasteiger partial charge is 0.373 e. The maximum Gasteiger partial charge on any atom is 0.251 e. The van der Waals surface area contributed by atoms with E-state index in [9.17, 15) is 4.79 Å². The minimum Gasteiger partial charge on any atom is -0.373 e. The molecule has 27 heavy (non-hydrogen) atoms. The van der Waals surface area contributed by atoms with Crippen LogP contribution in [0.15, 0.2) is 48.8 Å². The van der Waals surface area contributed by atoms with E-state index in [4.69, 9.17) is 5.73 Å². The van der Waals surface area contributed by atoms with Gasteiger partial charge in [0.25, 0.3) is 5.91 Å². The summed E-state index contributed by atoms with van der Waals surface area (Å²) in [5.41, 5.74) is 7.90. The molecule has 3 aromatic rings. The van der Waals surface area contributed by atoms with E-state index in [0.717, 1.165) is 18.5 Å². The van der Waals surface area contributed by atoms with Crippen LogP contribution in [0.4, 0.5) is 11.8 Å². The molecule has 2 aromatic heterocycles. The molecule has 0 radical (unpaired) electrons. The fourth-order valence-electron chi connectivity index (χ4n) is 2.67. The van der Waals surface area contributed by atoms with Crippen molar-refractivity contribution in [3.05, 3.63) is 54.4 Å². The Bertz CT molecular complexity index is 891. The van der Waals surface area contributed by atoms with Crippen molar-refractivity contribution in [3.63, 3.8) is 0 Å². The fraction of sp³-hybridized carbons (Fsp3) is 0.263. The first-order valence-electron chi connectivity index (χ1n) is 8.76. The van der Waals surface area contributed by atoms with E-state index in [1.807, 2.05) is 42.1 Å². The van der Waals surface area contributed by atoms with Crippen LogP contribution >= 0.6 is 0 Å². The van der Waals surface area contributed by atoms with Gasteiger partial charge in [-0.15, -0.1) is 0 Å². The van der Waals surface area contributed by atoms with E-state index < -0.39 is 0 Å². The fourth-order valence-corrected chi connectivity index (χ4v) is 2.67. The molecule has 8 heteroatoms. The summed E-state index contributed by atoms with van der Waals surface area (Å²) in [5, 5.41) is 10.1. The third-order valence-electron chi connectivity index (χ3n) is 4.17. The second-order valence-corrected chi connectivity index (χ2v) is 6.26. The summed E-state index contributed by atoms with van der Waals surface area (Å²) in [7, 11) is 1.77. The average Bonchev–Trinajstić information content (AvgIpc) is 3.19. The van der Waals surface area contributed by atoms with E-state index in [2.05, 4.69) is 25.7 Å². The SMILES string of the molecule is CNc1cc(-c2ccc(C(=O)N[C@@H](C)CCn3cccn3)cc2)nc(N)n1. The maximum atomic E-state index is 12.4. The molecule has 8 nitrogen and oxygen atoms in total. The molecule has 0 saturated carbocycles. The van der Waals surface area contributed by atoms with Gasteiger partial charge in [0, 0.05) is 49.2 Å². The number of benzene rings is 1. The monoisotopic (exact) mass is 365 g/mol. The predicted octanol–water partition coefficient (Wildman–Crippen LogP) is 2.17. The summed E-state index contributed by atoms with van der Waals surface area (Å²) in [4.78, 5) is 20.7. The van der Waals surface area contributed by atoms with Gasteiger partial charge in [-0.3, -0.25) is 9.48 Å². The first-order chi connectivity index (χ1) is 13.0. The molecule has 0 saturated heterocycles. The first kappa shape index (κ1) is 18.4. The second kappa shape index (κ2) is 8.31. The third-order valence-corrected chi connectivity index (χ3v) is 4.17. The van der Waals surface area contributed by atoms with Gasteiger partial charge >= 0.3 is 0 Å². The number of aryl methyl sites for hydroxylation is 1. The number of hydrogen-bond acceptors (Lipinski definition) is 6. The lowest BCUT2D eigenvalue weighted by Gasteiger charge is -2.14. The summed E-state index contributed by atoms with van der Waals surface area (Å²) < 4.78 is 1.85. The smallest absolute Gasteiger partial charge is 0.251 e. The Balaban J connectivity index is 1.62. The number of rotatable bonds is 7. The summed E-state index contributed by atoms with van der Waals surface area (Å²) >= 11 is 0. The number of aromatic nitrogens is 4. The standard InChI is InChI=1S/C19H23N7O/c1-13(8-11-26-10-3-9-22-26)23-18(27)15-6-4-14(5-7-15)16-12-17(21-2)25-19(20)24-16/h3-7,9-10,12-13H,8,11H2,1-2H3,(H,23,27)(H3,20,21,24,25)/t13-/m0/s1. The number of hydrogen-bond donors (Lipinski definition) is 3. The molecule has 0 aliphatic rings. The molecule has 0 aliphatic carbocycles. The van der Waals surface area contributed by atoms with Crippen molar-refractivity contribution < 1.29 is 4.79 Å². The molecular weight excluding hydrogens is 342 g/mol.